The molecule has 1 aromatic heterocycles. The molecule has 0 saturated carbocycles. The molecule has 0 spiro atoms. The minimum atomic E-state index is -0.269. The molecule has 0 unspecified atom stereocenters. The predicted octanol–water partition coefficient (Wildman–Crippen LogP) is 1.50. The highest BCUT2D eigenvalue weighted by molar-refractivity contribution is 5.59. The van der Waals surface area contributed by atoms with E-state index in [-0.39, 0.29) is 12.2 Å². The second-order valence-electron chi connectivity index (χ2n) is 4.19. The number of nitrogens with zero attached hydrogens (tertiary/aromatic N) is 2. The van der Waals surface area contributed by atoms with Gasteiger partial charge in [-0.25, -0.2) is 4.68 Å². The molecule has 0 saturated heterocycles. The van der Waals surface area contributed by atoms with Gasteiger partial charge in [-0.2, -0.15) is 5.10 Å². The van der Waals surface area contributed by atoms with Crippen LogP contribution < -0.4 is 5.56 Å². The number of hydrogen-bond acceptors (Lipinski definition) is 3. The summed E-state index contributed by atoms with van der Waals surface area (Å²) in [6.07, 6.45) is 0.989. The van der Waals surface area contributed by atoms with Crippen molar-refractivity contribution in [2.75, 3.05) is 0 Å². The molecule has 0 aliphatic heterocycles. The molecule has 1 heterocycles. The van der Waals surface area contributed by atoms with Crippen molar-refractivity contribution in [3.8, 4) is 11.3 Å². The lowest BCUT2D eigenvalue weighted by Crippen LogP contribution is -2.23. The standard InChI is InChI=1S/C14H16N2O2/c1-3-10-4-6-11(7-5-10)13-8-12(9-17)14(18)16(2)15-13/h4-8,17H,3,9H2,1-2H3. The highest BCUT2D eigenvalue weighted by Gasteiger charge is 2.07. The first kappa shape index (κ1) is 12.5. The van der Waals surface area contributed by atoms with Crippen LogP contribution in [0.5, 0.6) is 0 Å². The molecule has 0 atom stereocenters. The van der Waals surface area contributed by atoms with Gasteiger partial charge in [0.05, 0.1) is 12.3 Å². The van der Waals surface area contributed by atoms with Crippen LogP contribution in [0.15, 0.2) is 35.1 Å². The molecule has 0 aliphatic carbocycles. The summed E-state index contributed by atoms with van der Waals surface area (Å²) in [5.74, 6) is 0. The van der Waals surface area contributed by atoms with Crippen LogP contribution in [0.25, 0.3) is 11.3 Å². The third-order valence-corrected chi connectivity index (χ3v) is 2.97. The summed E-state index contributed by atoms with van der Waals surface area (Å²) in [5, 5.41) is 13.4. The molecule has 2 aromatic rings. The Morgan fingerprint density at radius 2 is 1.94 bits per heavy atom. The minimum absolute atomic E-state index is 0.258. The van der Waals surface area contributed by atoms with Crippen molar-refractivity contribution in [3.05, 3.63) is 51.8 Å². The van der Waals surface area contributed by atoms with Gasteiger partial charge in [-0.05, 0) is 18.1 Å². The average Bonchev–Trinajstić information content (AvgIpc) is 2.42. The molecule has 18 heavy (non-hydrogen) atoms. The molecule has 0 radical (unpaired) electrons. The van der Waals surface area contributed by atoms with E-state index >= 15 is 0 Å². The Bertz CT molecular complexity index is 600. The molecule has 94 valence electrons. The minimum Gasteiger partial charge on any atom is -0.391 e. The lowest BCUT2D eigenvalue weighted by Gasteiger charge is -2.06. The maximum absolute atomic E-state index is 11.6. The first-order valence-electron chi connectivity index (χ1n) is 5.93. The molecule has 2 rings (SSSR count). The maximum atomic E-state index is 11.6. The van der Waals surface area contributed by atoms with E-state index in [1.807, 2.05) is 24.3 Å². The van der Waals surface area contributed by atoms with Gasteiger partial charge in [-0.15, -0.1) is 0 Å². The van der Waals surface area contributed by atoms with Gasteiger partial charge in [0.2, 0.25) is 0 Å². The summed E-state index contributed by atoms with van der Waals surface area (Å²) >= 11 is 0. The van der Waals surface area contributed by atoms with Crippen LogP contribution in [0.4, 0.5) is 0 Å². The smallest absolute Gasteiger partial charge is 0.272 e. The maximum Gasteiger partial charge on any atom is 0.272 e. The lowest BCUT2D eigenvalue weighted by atomic mass is 10.1. The third-order valence-electron chi connectivity index (χ3n) is 2.97. The summed E-state index contributed by atoms with van der Waals surface area (Å²) in [4.78, 5) is 11.6. The van der Waals surface area contributed by atoms with Gasteiger partial charge >= 0.3 is 0 Å². The Hall–Kier alpha value is -1.94. The largest absolute Gasteiger partial charge is 0.391 e. The van der Waals surface area contributed by atoms with Crippen LogP contribution in [-0.2, 0) is 20.1 Å². The molecule has 0 aliphatic rings. The van der Waals surface area contributed by atoms with Crippen LogP contribution >= 0.6 is 0 Å². The van der Waals surface area contributed by atoms with Crippen LogP contribution in [0.1, 0.15) is 18.1 Å². The SMILES string of the molecule is CCc1ccc(-c2cc(CO)c(=O)n(C)n2)cc1. The van der Waals surface area contributed by atoms with E-state index < -0.39 is 0 Å². The fourth-order valence-electron chi connectivity index (χ4n) is 1.84. The third kappa shape index (κ3) is 2.33. The van der Waals surface area contributed by atoms with Crippen LogP contribution in [0.3, 0.4) is 0 Å². The molecule has 1 aromatic carbocycles. The van der Waals surface area contributed by atoms with Crippen molar-refractivity contribution >= 4 is 0 Å². The van der Waals surface area contributed by atoms with Gasteiger partial charge in [0.25, 0.3) is 5.56 Å². The number of aliphatic hydroxyl groups is 1. The Kier molecular flexibility index (Phi) is 3.58. The van der Waals surface area contributed by atoms with Crippen LogP contribution in [0.2, 0.25) is 0 Å². The topological polar surface area (TPSA) is 55.1 Å². The zero-order valence-electron chi connectivity index (χ0n) is 10.6. The molecule has 4 nitrogen and oxygen atoms in total. The molecule has 0 bridgehead atoms. The zero-order valence-corrected chi connectivity index (χ0v) is 10.6. The van der Waals surface area contributed by atoms with Crippen molar-refractivity contribution in [1.82, 2.24) is 9.78 Å². The molecular weight excluding hydrogens is 228 g/mol. The van der Waals surface area contributed by atoms with E-state index in [4.69, 9.17) is 5.11 Å². The zero-order chi connectivity index (χ0) is 13.1. The number of hydrogen-bond donors (Lipinski definition) is 1. The molecule has 0 fully saturated rings. The first-order valence-corrected chi connectivity index (χ1v) is 5.93. The fourth-order valence-corrected chi connectivity index (χ4v) is 1.84. The van der Waals surface area contributed by atoms with Crippen molar-refractivity contribution < 1.29 is 5.11 Å². The Balaban J connectivity index is 2.50. The summed E-state index contributed by atoms with van der Waals surface area (Å²) in [6, 6.07) is 9.68. The van der Waals surface area contributed by atoms with Gasteiger partial charge in [0.15, 0.2) is 0 Å². The highest BCUT2D eigenvalue weighted by atomic mass is 16.3. The van der Waals surface area contributed by atoms with Crippen molar-refractivity contribution in [2.45, 2.75) is 20.0 Å². The van der Waals surface area contributed by atoms with Crippen LogP contribution in [-0.4, -0.2) is 14.9 Å². The van der Waals surface area contributed by atoms with Crippen molar-refractivity contribution in [1.29, 1.82) is 0 Å². The summed E-state index contributed by atoms with van der Waals surface area (Å²) in [7, 11) is 1.59. The van der Waals surface area contributed by atoms with E-state index in [1.54, 1.807) is 13.1 Å². The van der Waals surface area contributed by atoms with Gasteiger partial charge < -0.3 is 5.11 Å². The Morgan fingerprint density at radius 3 is 2.50 bits per heavy atom. The molecular formula is C14H16N2O2. The number of benzene rings is 1. The van der Waals surface area contributed by atoms with E-state index in [1.165, 1.54) is 10.2 Å². The summed E-state index contributed by atoms with van der Waals surface area (Å²) in [6.45, 7) is 1.83. The fraction of sp³-hybridized carbons (Fsp3) is 0.286. The van der Waals surface area contributed by atoms with E-state index in [9.17, 15) is 4.79 Å². The van der Waals surface area contributed by atoms with Crippen molar-refractivity contribution in [3.63, 3.8) is 0 Å². The Labute approximate surface area is 106 Å². The quantitative estimate of drug-likeness (QED) is 0.890. The monoisotopic (exact) mass is 244 g/mol. The number of aliphatic hydroxyl groups excluding tert-OH is 1. The van der Waals surface area contributed by atoms with E-state index in [2.05, 4.69) is 12.0 Å². The second-order valence-corrected chi connectivity index (χ2v) is 4.19. The number of aryl methyl sites for hydroxylation is 2. The predicted molar refractivity (Wildman–Crippen MR) is 70.2 cm³/mol. The molecule has 1 N–H and O–H groups in total. The van der Waals surface area contributed by atoms with E-state index in [0.717, 1.165) is 12.0 Å². The lowest BCUT2D eigenvalue weighted by molar-refractivity contribution is 0.279. The second kappa shape index (κ2) is 5.14. The van der Waals surface area contributed by atoms with Gasteiger partial charge in [-0.1, -0.05) is 31.2 Å². The number of rotatable bonds is 3. The Morgan fingerprint density at radius 1 is 1.28 bits per heavy atom. The average molecular weight is 244 g/mol. The van der Waals surface area contributed by atoms with Gasteiger partial charge in [-0.3, -0.25) is 4.79 Å². The van der Waals surface area contributed by atoms with Gasteiger partial charge in [0, 0.05) is 18.2 Å². The van der Waals surface area contributed by atoms with Crippen LogP contribution in [0, 0.1) is 0 Å². The van der Waals surface area contributed by atoms with Gasteiger partial charge in [0.1, 0.15) is 0 Å². The first-order chi connectivity index (χ1) is 8.65. The summed E-state index contributed by atoms with van der Waals surface area (Å²) in [5.41, 5.74) is 3.00. The highest BCUT2D eigenvalue weighted by Crippen LogP contribution is 2.17. The molecule has 4 heteroatoms. The normalized spacial score (nSPS) is 10.6. The summed E-state index contributed by atoms with van der Waals surface area (Å²) < 4.78 is 1.26. The molecule has 0 amide bonds. The van der Waals surface area contributed by atoms with Crippen molar-refractivity contribution in [2.24, 2.45) is 7.05 Å². The number of aromatic nitrogens is 2. The van der Waals surface area contributed by atoms with E-state index in [0.29, 0.717) is 11.3 Å².